The molecule has 0 spiro atoms. The molecular weight excluding hydrogens is 224 g/mol. The predicted molar refractivity (Wildman–Crippen MR) is 63.3 cm³/mol. The van der Waals surface area contributed by atoms with Crippen LogP contribution in [0.4, 0.5) is 0 Å². The lowest BCUT2D eigenvalue weighted by Crippen LogP contribution is -2.39. The normalized spacial score (nSPS) is 12.1. The minimum absolute atomic E-state index is 0.0977. The first-order chi connectivity index (χ1) is 8.11. The van der Waals surface area contributed by atoms with Crippen molar-refractivity contribution in [2.24, 2.45) is 5.73 Å². The van der Waals surface area contributed by atoms with E-state index in [1.54, 1.807) is 0 Å². The van der Waals surface area contributed by atoms with Crippen molar-refractivity contribution in [2.75, 3.05) is 26.9 Å². The van der Waals surface area contributed by atoms with Crippen LogP contribution in [0.3, 0.4) is 0 Å². The number of nitrogens with one attached hydrogen (secondary N) is 1. The summed E-state index contributed by atoms with van der Waals surface area (Å²) in [6, 6.07) is -0.308. The number of esters is 1. The fourth-order valence-electron chi connectivity index (χ4n) is 1.33. The Balaban J connectivity index is 3.75. The fourth-order valence-corrected chi connectivity index (χ4v) is 1.33. The molecule has 100 valence electrons. The Morgan fingerprint density at radius 3 is 2.65 bits per heavy atom. The zero-order valence-corrected chi connectivity index (χ0v) is 10.5. The van der Waals surface area contributed by atoms with E-state index in [4.69, 9.17) is 10.5 Å². The third kappa shape index (κ3) is 8.65. The van der Waals surface area contributed by atoms with Gasteiger partial charge in [-0.25, -0.2) is 0 Å². The highest BCUT2D eigenvalue weighted by atomic mass is 16.5. The summed E-state index contributed by atoms with van der Waals surface area (Å²) < 4.78 is 9.66. The summed E-state index contributed by atoms with van der Waals surface area (Å²) in [7, 11) is 1.37. The molecule has 1 unspecified atom stereocenters. The van der Waals surface area contributed by atoms with Crippen LogP contribution < -0.4 is 11.1 Å². The predicted octanol–water partition coefficient (Wildman–Crippen LogP) is -0.190. The number of carbonyl (C=O) groups excluding carboxylic acids is 2. The molecule has 0 aromatic carbocycles. The van der Waals surface area contributed by atoms with Crippen LogP contribution in [0.1, 0.15) is 26.2 Å². The van der Waals surface area contributed by atoms with Crippen LogP contribution in [0.5, 0.6) is 0 Å². The SMILES string of the molecule is CCCCC(NCCOCC(N)=O)C(=O)OC. The average Bonchev–Trinajstić information content (AvgIpc) is 2.31. The number of rotatable bonds is 10. The molecule has 6 nitrogen and oxygen atoms in total. The second-order valence-corrected chi connectivity index (χ2v) is 3.69. The van der Waals surface area contributed by atoms with E-state index in [1.165, 1.54) is 7.11 Å². The van der Waals surface area contributed by atoms with E-state index >= 15 is 0 Å². The average molecular weight is 246 g/mol. The number of hydrogen-bond donors (Lipinski definition) is 2. The van der Waals surface area contributed by atoms with E-state index in [1.807, 2.05) is 0 Å². The molecule has 0 aliphatic rings. The maximum absolute atomic E-state index is 11.4. The molecule has 0 aliphatic carbocycles. The first kappa shape index (κ1) is 15.9. The minimum atomic E-state index is -0.500. The van der Waals surface area contributed by atoms with Gasteiger partial charge in [-0.05, 0) is 6.42 Å². The van der Waals surface area contributed by atoms with E-state index in [9.17, 15) is 9.59 Å². The first-order valence-electron chi connectivity index (χ1n) is 5.79. The Labute approximate surface area is 102 Å². The van der Waals surface area contributed by atoms with Gasteiger partial charge >= 0.3 is 5.97 Å². The van der Waals surface area contributed by atoms with Gasteiger partial charge in [-0.3, -0.25) is 9.59 Å². The third-order valence-electron chi connectivity index (χ3n) is 2.21. The van der Waals surface area contributed by atoms with Crippen molar-refractivity contribution in [1.82, 2.24) is 5.32 Å². The van der Waals surface area contributed by atoms with Crippen LogP contribution in [0.25, 0.3) is 0 Å². The molecule has 0 fully saturated rings. The van der Waals surface area contributed by atoms with Gasteiger partial charge in [-0.1, -0.05) is 19.8 Å². The van der Waals surface area contributed by atoms with Crippen molar-refractivity contribution < 1.29 is 19.1 Å². The van der Waals surface area contributed by atoms with Gasteiger partial charge in [-0.15, -0.1) is 0 Å². The molecule has 0 aromatic rings. The number of methoxy groups -OCH3 is 1. The number of ether oxygens (including phenoxy) is 2. The summed E-state index contributed by atoms with van der Waals surface area (Å²) in [5.41, 5.74) is 4.91. The summed E-state index contributed by atoms with van der Waals surface area (Å²) in [6.45, 7) is 2.78. The Bertz CT molecular complexity index is 234. The molecule has 0 rings (SSSR count). The van der Waals surface area contributed by atoms with Gasteiger partial charge in [0.2, 0.25) is 5.91 Å². The van der Waals surface area contributed by atoms with E-state index in [0.29, 0.717) is 13.2 Å². The molecule has 0 aliphatic heterocycles. The second-order valence-electron chi connectivity index (χ2n) is 3.69. The molecule has 0 bridgehead atoms. The van der Waals surface area contributed by atoms with Crippen LogP contribution in [-0.4, -0.2) is 44.8 Å². The van der Waals surface area contributed by atoms with Gasteiger partial charge in [0.25, 0.3) is 0 Å². The summed E-state index contributed by atoms with van der Waals surface area (Å²) in [4.78, 5) is 21.8. The summed E-state index contributed by atoms with van der Waals surface area (Å²) in [6.07, 6.45) is 2.71. The zero-order chi connectivity index (χ0) is 13.1. The Morgan fingerprint density at radius 2 is 2.12 bits per heavy atom. The monoisotopic (exact) mass is 246 g/mol. The van der Waals surface area contributed by atoms with E-state index < -0.39 is 5.91 Å². The summed E-state index contributed by atoms with van der Waals surface area (Å²) >= 11 is 0. The van der Waals surface area contributed by atoms with Crippen molar-refractivity contribution in [3.05, 3.63) is 0 Å². The van der Waals surface area contributed by atoms with Gasteiger partial charge in [0.05, 0.1) is 13.7 Å². The van der Waals surface area contributed by atoms with Crippen molar-refractivity contribution in [3.63, 3.8) is 0 Å². The number of carbonyl (C=O) groups is 2. The number of hydrogen-bond acceptors (Lipinski definition) is 5. The highest BCUT2D eigenvalue weighted by Crippen LogP contribution is 2.02. The summed E-state index contributed by atoms with van der Waals surface area (Å²) in [5, 5.41) is 3.03. The molecule has 17 heavy (non-hydrogen) atoms. The van der Waals surface area contributed by atoms with Gasteiger partial charge in [0.15, 0.2) is 0 Å². The maximum atomic E-state index is 11.4. The quantitative estimate of drug-likeness (QED) is 0.412. The van der Waals surface area contributed by atoms with Crippen LogP contribution in [0.15, 0.2) is 0 Å². The van der Waals surface area contributed by atoms with Gasteiger partial charge in [-0.2, -0.15) is 0 Å². The molecule has 1 atom stereocenters. The lowest BCUT2D eigenvalue weighted by molar-refractivity contribution is -0.143. The van der Waals surface area contributed by atoms with Crippen molar-refractivity contribution in [1.29, 1.82) is 0 Å². The van der Waals surface area contributed by atoms with E-state index in [2.05, 4.69) is 17.0 Å². The highest BCUT2D eigenvalue weighted by Gasteiger charge is 2.17. The third-order valence-corrected chi connectivity index (χ3v) is 2.21. The molecule has 0 saturated carbocycles. The van der Waals surface area contributed by atoms with Crippen LogP contribution in [-0.2, 0) is 19.1 Å². The van der Waals surface area contributed by atoms with Crippen LogP contribution in [0, 0.1) is 0 Å². The van der Waals surface area contributed by atoms with Gasteiger partial charge < -0.3 is 20.5 Å². The van der Waals surface area contributed by atoms with Crippen LogP contribution in [0.2, 0.25) is 0 Å². The minimum Gasteiger partial charge on any atom is -0.468 e. The lowest BCUT2D eigenvalue weighted by Gasteiger charge is -2.15. The van der Waals surface area contributed by atoms with Crippen molar-refractivity contribution in [3.8, 4) is 0 Å². The molecule has 0 heterocycles. The molecule has 6 heteroatoms. The standard InChI is InChI=1S/C11H22N2O4/c1-3-4-5-9(11(15)16-2)13-6-7-17-8-10(12)14/h9,13H,3-8H2,1-2H3,(H2,12,14). The van der Waals surface area contributed by atoms with E-state index in [-0.39, 0.29) is 18.6 Å². The molecule has 3 N–H and O–H groups in total. The molecule has 1 amide bonds. The van der Waals surface area contributed by atoms with Gasteiger partial charge in [0.1, 0.15) is 12.6 Å². The molecule has 0 aromatic heterocycles. The maximum Gasteiger partial charge on any atom is 0.322 e. The fraction of sp³-hybridized carbons (Fsp3) is 0.818. The molecule has 0 radical (unpaired) electrons. The molecular formula is C11H22N2O4. The topological polar surface area (TPSA) is 90.6 Å². The smallest absolute Gasteiger partial charge is 0.322 e. The number of amides is 1. The Kier molecular flexibility index (Phi) is 9.37. The largest absolute Gasteiger partial charge is 0.468 e. The Hall–Kier alpha value is -1.14. The van der Waals surface area contributed by atoms with Gasteiger partial charge in [0, 0.05) is 6.54 Å². The number of primary amides is 1. The van der Waals surface area contributed by atoms with Crippen LogP contribution >= 0.6 is 0 Å². The lowest BCUT2D eigenvalue weighted by atomic mass is 10.1. The Morgan fingerprint density at radius 1 is 1.41 bits per heavy atom. The first-order valence-corrected chi connectivity index (χ1v) is 5.79. The number of unbranched alkanes of at least 4 members (excludes halogenated alkanes) is 1. The highest BCUT2D eigenvalue weighted by molar-refractivity contribution is 5.75. The number of nitrogens with two attached hydrogens (primary N) is 1. The second kappa shape index (κ2) is 10.0. The van der Waals surface area contributed by atoms with Crippen molar-refractivity contribution in [2.45, 2.75) is 32.2 Å². The van der Waals surface area contributed by atoms with Crippen molar-refractivity contribution >= 4 is 11.9 Å². The van der Waals surface area contributed by atoms with E-state index in [0.717, 1.165) is 19.3 Å². The summed E-state index contributed by atoms with van der Waals surface area (Å²) in [5.74, 6) is -0.770. The zero-order valence-electron chi connectivity index (χ0n) is 10.5. The molecule has 0 saturated heterocycles.